The average molecular weight is 294 g/mol. The van der Waals surface area contributed by atoms with E-state index < -0.39 is 0 Å². The van der Waals surface area contributed by atoms with E-state index in [-0.39, 0.29) is 21.7 Å². The molecule has 0 unspecified atom stereocenters. The second kappa shape index (κ2) is 25.3. The molecule has 0 radical (unpaired) electrons. The van der Waals surface area contributed by atoms with Crippen LogP contribution in [0.1, 0.15) is 6.42 Å². The number of rotatable bonds is 3. The summed E-state index contributed by atoms with van der Waals surface area (Å²) < 4.78 is 5.29. The molecule has 1 aromatic rings. The van der Waals surface area contributed by atoms with E-state index in [0.717, 1.165) is 39.2 Å². The zero-order chi connectivity index (χ0) is 14.1. The standard InChI is InChI=1S/C9H12NO.3CH4O.Ti/c1-2-6-11-9-5-3-4-8(10)7-9;3*1-2;/h3-5,7H,1-2,6,10H2;3*2H,1H3;/q-1;;;;. The number of hydrogen-bond acceptors (Lipinski definition) is 5. The smallest absolute Gasteiger partial charge is 0.121 e. The number of benzene rings is 1. The molecule has 0 heterocycles. The molecule has 0 atom stereocenters. The Morgan fingerprint density at radius 2 is 1.61 bits per heavy atom. The van der Waals surface area contributed by atoms with E-state index in [1.54, 1.807) is 6.07 Å². The Morgan fingerprint density at radius 1 is 1.11 bits per heavy atom. The van der Waals surface area contributed by atoms with E-state index in [9.17, 15) is 0 Å². The largest absolute Gasteiger partial charge is 0.496 e. The van der Waals surface area contributed by atoms with E-state index in [1.165, 1.54) is 0 Å². The minimum atomic E-state index is 0. The number of nitrogens with two attached hydrogens (primary N) is 1. The van der Waals surface area contributed by atoms with Crippen LogP contribution in [0.3, 0.4) is 0 Å². The number of nitrogen functional groups attached to an aromatic ring is 1. The second-order valence-electron chi connectivity index (χ2n) is 2.27. The average Bonchev–Trinajstić information content (AvgIpc) is 2.43. The molecule has 0 aromatic heterocycles. The van der Waals surface area contributed by atoms with Crippen molar-refractivity contribution in [2.45, 2.75) is 6.42 Å². The van der Waals surface area contributed by atoms with Crippen molar-refractivity contribution in [3.63, 3.8) is 0 Å². The van der Waals surface area contributed by atoms with Crippen LogP contribution in [-0.4, -0.2) is 43.3 Å². The van der Waals surface area contributed by atoms with Crippen molar-refractivity contribution in [1.82, 2.24) is 0 Å². The molecule has 0 aliphatic carbocycles. The first-order chi connectivity index (χ1) is 8.33. The SMILES string of the molecule is CO.CO.CO.[CH2-]CCOc1cccc(N)c1.[Ti]. The molecule has 0 aliphatic rings. The normalized spacial score (nSPS) is 6.83. The van der Waals surface area contributed by atoms with Crippen LogP contribution in [0.5, 0.6) is 5.75 Å². The first-order valence-electron chi connectivity index (χ1n) is 4.94. The molecule has 0 saturated carbocycles. The summed E-state index contributed by atoms with van der Waals surface area (Å²) in [7, 11) is 3.00. The fraction of sp³-hybridized carbons (Fsp3) is 0.417. The minimum Gasteiger partial charge on any atom is -0.496 e. The zero-order valence-corrected chi connectivity index (χ0v) is 12.8. The van der Waals surface area contributed by atoms with Gasteiger partial charge in [-0.3, -0.25) is 0 Å². The maximum absolute atomic E-state index is 7.00. The Kier molecular flexibility index (Phi) is 36.7. The van der Waals surface area contributed by atoms with Gasteiger partial charge in [0, 0.05) is 54.8 Å². The van der Waals surface area contributed by atoms with E-state index in [2.05, 4.69) is 6.92 Å². The van der Waals surface area contributed by atoms with Crippen LogP contribution in [0.15, 0.2) is 24.3 Å². The Morgan fingerprint density at radius 3 is 2.00 bits per heavy atom. The van der Waals surface area contributed by atoms with Gasteiger partial charge in [-0.2, -0.15) is 0 Å². The third-order valence-electron chi connectivity index (χ3n) is 1.27. The molecule has 0 fully saturated rings. The van der Waals surface area contributed by atoms with E-state index >= 15 is 0 Å². The summed E-state index contributed by atoms with van der Waals surface area (Å²) in [5.41, 5.74) is 6.26. The fourth-order valence-corrected chi connectivity index (χ4v) is 0.794. The van der Waals surface area contributed by atoms with Crippen LogP contribution >= 0.6 is 0 Å². The maximum atomic E-state index is 7.00. The van der Waals surface area contributed by atoms with Crippen molar-refractivity contribution in [2.75, 3.05) is 33.7 Å². The third-order valence-corrected chi connectivity index (χ3v) is 1.27. The monoisotopic (exact) mass is 294 g/mol. The van der Waals surface area contributed by atoms with Crippen molar-refractivity contribution in [1.29, 1.82) is 0 Å². The van der Waals surface area contributed by atoms with Crippen LogP contribution in [0.2, 0.25) is 0 Å². The van der Waals surface area contributed by atoms with Crippen molar-refractivity contribution in [3.05, 3.63) is 31.2 Å². The number of aliphatic hydroxyl groups excluding tert-OH is 3. The first kappa shape index (κ1) is 26.1. The van der Waals surface area contributed by atoms with Crippen LogP contribution in [-0.2, 0) is 21.7 Å². The minimum absolute atomic E-state index is 0. The molecular weight excluding hydrogens is 270 g/mol. The molecule has 0 saturated heterocycles. The van der Waals surface area contributed by atoms with Crippen molar-refractivity contribution < 1.29 is 41.8 Å². The van der Waals surface area contributed by atoms with Gasteiger partial charge in [-0.25, -0.2) is 0 Å². The Balaban J connectivity index is -0.000000123. The molecular formula is C12H24NO4Ti-. The van der Waals surface area contributed by atoms with Gasteiger partial charge in [-0.05, 0) is 12.1 Å². The van der Waals surface area contributed by atoms with Gasteiger partial charge >= 0.3 is 0 Å². The Labute approximate surface area is 124 Å². The molecule has 0 aliphatic heterocycles. The van der Waals surface area contributed by atoms with Gasteiger partial charge in [0.2, 0.25) is 0 Å². The Bertz CT molecular complexity index is 237. The van der Waals surface area contributed by atoms with Gasteiger partial charge in [0.15, 0.2) is 0 Å². The van der Waals surface area contributed by atoms with E-state index in [4.69, 9.17) is 25.8 Å². The summed E-state index contributed by atoms with van der Waals surface area (Å²) in [4.78, 5) is 0. The summed E-state index contributed by atoms with van der Waals surface area (Å²) in [5, 5.41) is 21.0. The maximum Gasteiger partial charge on any atom is 0.121 e. The van der Waals surface area contributed by atoms with Gasteiger partial charge in [0.1, 0.15) is 5.75 Å². The molecule has 18 heavy (non-hydrogen) atoms. The van der Waals surface area contributed by atoms with Gasteiger partial charge in [0.05, 0.1) is 6.61 Å². The van der Waals surface area contributed by atoms with E-state index in [1.807, 2.05) is 18.2 Å². The number of ether oxygens (including phenoxy) is 1. The summed E-state index contributed by atoms with van der Waals surface area (Å²) in [6.07, 6.45) is 0.773. The van der Waals surface area contributed by atoms with Crippen LogP contribution in [0.4, 0.5) is 5.69 Å². The third kappa shape index (κ3) is 17.8. The molecule has 6 heteroatoms. The zero-order valence-electron chi connectivity index (χ0n) is 11.3. The predicted molar refractivity (Wildman–Crippen MR) is 70.8 cm³/mol. The first-order valence-corrected chi connectivity index (χ1v) is 4.94. The van der Waals surface area contributed by atoms with Crippen molar-refractivity contribution in [3.8, 4) is 5.75 Å². The van der Waals surface area contributed by atoms with Crippen molar-refractivity contribution >= 4 is 5.69 Å². The molecule has 0 bridgehead atoms. The molecule has 106 valence electrons. The van der Waals surface area contributed by atoms with Crippen LogP contribution < -0.4 is 10.5 Å². The quantitative estimate of drug-likeness (QED) is 0.374. The fourth-order valence-electron chi connectivity index (χ4n) is 0.794. The molecule has 0 amide bonds. The summed E-state index contributed by atoms with van der Waals surface area (Å²) in [6.45, 7) is 4.31. The molecule has 5 N–H and O–H groups in total. The van der Waals surface area contributed by atoms with E-state index in [0.29, 0.717) is 6.61 Å². The molecule has 5 nitrogen and oxygen atoms in total. The summed E-state index contributed by atoms with van der Waals surface area (Å²) in [5.74, 6) is 0.814. The van der Waals surface area contributed by atoms with Gasteiger partial charge < -0.3 is 32.7 Å². The summed E-state index contributed by atoms with van der Waals surface area (Å²) >= 11 is 0. The van der Waals surface area contributed by atoms with Gasteiger partial charge in [-0.15, -0.1) is 6.42 Å². The summed E-state index contributed by atoms with van der Waals surface area (Å²) in [6, 6.07) is 7.38. The Hall–Kier alpha value is -0.586. The van der Waals surface area contributed by atoms with Crippen LogP contribution in [0.25, 0.3) is 0 Å². The number of aliphatic hydroxyl groups is 3. The molecule has 1 rings (SSSR count). The van der Waals surface area contributed by atoms with Crippen LogP contribution in [0, 0.1) is 6.92 Å². The molecule has 1 aromatic carbocycles. The topological polar surface area (TPSA) is 95.9 Å². The van der Waals surface area contributed by atoms with Gasteiger partial charge in [-0.1, -0.05) is 6.07 Å². The number of anilines is 1. The predicted octanol–water partition coefficient (Wildman–Crippen LogP) is 0.695. The molecule has 0 spiro atoms. The van der Waals surface area contributed by atoms with Gasteiger partial charge in [0.25, 0.3) is 0 Å². The number of hydrogen-bond donors (Lipinski definition) is 4. The second-order valence-corrected chi connectivity index (χ2v) is 2.27. The van der Waals surface area contributed by atoms with Crippen molar-refractivity contribution in [2.24, 2.45) is 0 Å².